The zero-order chi connectivity index (χ0) is 11.5. The third kappa shape index (κ3) is 1.78. The van der Waals surface area contributed by atoms with Gasteiger partial charge in [-0.3, -0.25) is 0 Å². The number of ether oxygens (including phenoxy) is 2. The molecule has 1 N–H and O–H groups in total. The van der Waals surface area contributed by atoms with Crippen molar-refractivity contribution in [1.82, 2.24) is 4.98 Å². The van der Waals surface area contributed by atoms with Crippen LogP contribution in [0.5, 0.6) is 11.5 Å². The minimum absolute atomic E-state index is 0.774. The molecule has 0 amide bonds. The van der Waals surface area contributed by atoms with Crippen LogP contribution in [-0.4, -0.2) is 25.7 Å². The number of rotatable bonds is 4. The minimum atomic E-state index is 0.774. The SMILES string of the molecule is CCNc1nc2c(OC)ccc(OC)c2s1. The summed E-state index contributed by atoms with van der Waals surface area (Å²) < 4.78 is 11.6. The molecule has 0 atom stereocenters. The number of nitrogens with one attached hydrogen (secondary N) is 1. The number of fused-ring (bicyclic) bond motifs is 1. The monoisotopic (exact) mass is 238 g/mol. The quantitative estimate of drug-likeness (QED) is 0.889. The van der Waals surface area contributed by atoms with Gasteiger partial charge in [0, 0.05) is 6.54 Å². The minimum Gasteiger partial charge on any atom is -0.495 e. The summed E-state index contributed by atoms with van der Waals surface area (Å²) in [4.78, 5) is 4.48. The first-order chi connectivity index (χ1) is 7.80. The molecule has 1 aromatic carbocycles. The van der Waals surface area contributed by atoms with Gasteiger partial charge in [0.15, 0.2) is 5.13 Å². The van der Waals surface area contributed by atoms with E-state index in [9.17, 15) is 0 Å². The molecule has 0 bridgehead atoms. The molecule has 0 saturated heterocycles. The third-order valence-corrected chi connectivity index (χ3v) is 3.27. The van der Waals surface area contributed by atoms with Gasteiger partial charge < -0.3 is 14.8 Å². The molecule has 5 heteroatoms. The molecule has 0 unspecified atom stereocenters. The van der Waals surface area contributed by atoms with Gasteiger partial charge in [0.25, 0.3) is 0 Å². The van der Waals surface area contributed by atoms with Gasteiger partial charge in [-0.1, -0.05) is 11.3 Å². The molecule has 4 nitrogen and oxygen atoms in total. The Labute approximate surface area is 98.2 Å². The van der Waals surface area contributed by atoms with Crippen molar-refractivity contribution >= 4 is 26.7 Å². The van der Waals surface area contributed by atoms with Crippen LogP contribution >= 0.6 is 11.3 Å². The van der Waals surface area contributed by atoms with Crippen LogP contribution in [0.15, 0.2) is 12.1 Å². The Hall–Kier alpha value is -1.49. The van der Waals surface area contributed by atoms with Gasteiger partial charge in [-0.15, -0.1) is 0 Å². The third-order valence-electron chi connectivity index (χ3n) is 2.24. The summed E-state index contributed by atoms with van der Waals surface area (Å²) in [5, 5.41) is 4.09. The molecular formula is C11H14N2O2S. The summed E-state index contributed by atoms with van der Waals surface area (Å²) in [6.07, 6.45) is 0. The highest BCUT2D eigenvalue weighted by Crippen LogP contribution is 2.38. The molecule has 0 aliphatic carbocycles. The lowest BCUT2D eigenvalue weighted by Gasteiger charge is -2.03. The highest BCUT2D eigenvalue weighted by Gasteiger charge is 2.12. The molecule has 2 rings (SSSR count). The van der Waals surface area contributed by atoms with Crippen LogP contribution in [0.3, 0.4) is 0 Å². The van der Waals surface area contributed by atoms with Crippen molar-refractivity contribution < 1.29 is 9.47 Å². The summed E-state index contributed by atoms with van der Waals surface area (Å²) in [6, 6.07) is 3.77. The topological polar surface area (TPSA) is 43.4 Å². The summed E-state index contributed by atoms with van der Waals surface area (Å²) in [7, 11) is 3.31. The van der Waals surface area contributed by atoms with Crippen molar-refractivity contribution in [3.05, 3.63) is 12.1 Å². The molecule has 0 aliphatic heterocycles. The van der Waals surface area contributed by atoms with E-state index in [1.807, 2.05) is 19.1 Å². The van der Waals surface area contributed by atoms with Crippen LogP contribution in [0.4, 0.5) is 5.13 Å². The van der Waals surface area contributed by atoms with E-state index in [1.54, 1.807) is 25.6 Å². The normalized spacial score (nSPS) is 10.4. The fourth-order valence-electron chi connectivity index (χ4n) is 1.51. The second kappa shape index (κ2) is 4.57. The first-order valence-electron chi connectivity index (χ1n) is 5.05. The fraction of sp³-hybridized carbons (Fsp3) is 0.364. The second-order valence-electron chi connectivity index (χ2n) is 3.20. The Morgan fingerprint density at radius 2 is 1.94 bits per heavy atom. The van der Waals surface area contributed by atoms with E-state index in [0.29, 0.717) is 0 Å². The van der Waals surface area contributed by atoms with Gasteiger partial charge in [-0.05, 0) is 19.1 Å². The van der Waals surface area contributed by atoms with Crippen molar-refractivity contribution in [3.8, 4) is 11.5 Å². The molecular weight excluding hydrogens is 224 g/mol. The van der Waals surface area contributed by atoms with Gasteiger partial charge in [0.2, 0.25) is 0 Å². The first kappa shape index (κ1) is 11.0. The van der Waals surface area contributed by atoms with E-state index in [1.165, 1.54) is 0 Å². The maximum absolute atomic E-state index is 5.31. The van der Waals surface area contributed by atoms with Crippen LogP contribution in [0.1, 0.15) is 6.92 Å². The van der Waals surface area contributed by atoms with Crippen molar-refractivity contribution in [2.45, 2.75) is 6.92 Å². The molecule has 1 aromatic heterocycles. The van der Waals surface area contributed by atoms with E-state index in [2.05, 4.69) is 10.3 Å². The molecule has 16 heavy (non-hydrogen) atoms. The largest absolute Gasteiger partial charge is 0.495 e. The van der Waals surface area contributed by atoms with Crippen LogP contribution in [0.25, 0.3) is 10.2 Å². The summed E-state index contributed by atoms with van der Waals surface area (Å²) >= 11 is 1.58. The molecule has 0 fully saturated rings. The van der Waals surface area contributed by atoms with Gasteiger partial charge in [-0.25, -0.2) is 4.98 Å². The number of nitrogens with zero attached hydrogens (tertiary/aromatic N) is 1. The molecule has 0 spiro atoms. The van der Waals surface area contributed by atoms with Crippen LogP contribution in [0, 0.1) is 0 Å². The van der Waals surface area contributed by atoms with Crippen LogP contribution < -0.4 is 14.8 Å². The Kier molecular flexibility index (Phi) is 3.14. The Morgan fingerprint density at radius 1 is 1.25 bits per heavy atom. The van der Waals surface area contributed by atoms with E-state index in [0.717, 1.165) is 33.4 Å². The predicted octanol–water partition coefficient (Wildman–Crippen LogP) is 2.75. The van der Waals surface area contributed by atoms with E-state index in [4.69, 9.17) is 9.47 Å². The average Bonchev–Trinajstić information content (AvgIpc) is 2.71. The number of thiazole rings is 1. The van der Waals surface area contributed by atoms with Gasteiger partial charge in [-0.2, -0.15) is 0 Å². The zero-order valence-electron chi connectivity index (χ0n) is 9.53. The maximum Gasteiger partial charge on any atom is 0.184 e. The maximum atomic E-state index is 5.31. The number of aromatic nitrogens is 1. The summed E-state index contributed by atoms with van der Waals surface area (Å²) in [5.74, 6) is 1.61. The van der Waals surface area contributed by atoms with E-state index in [-0.39, 0.29) is 0 Å². The van der Waals surface area contributed by atoms with Gasteiger partial charge >= 0.3 is 0 Å². The second-order valence-corrected chi connectivity index (χ2v) is 4.20. The predicted molar refractivity (Wildman–Crippen MR) is 66.9 cm³/mol. The lowest BCUT2D eigenvalue weighted by molar-refractivity contribution is 0.410. The van der Waals surface area contributed by atoms with E-state index >= 15 is 0 Å². The Bertz CT molecular complexity index is 455. The number of anilines is 1. The molecule has 1 heterocycles. The highest BCUT2D eigenvalue weighted by atomic mass is 32.1. The van der Waals surface area contributed by atoms with Crippen LogP contribution in [-0.2, 0) is 0 Å². The summed E-state index contributed by atoms with van der Waals surface area (Å²) in [6.45, 7) is 2.89. The Balaban J connectivity index is 2.60. The van der Waals surface area contributed by atoms with Gasteiger partial charge in [0.1, 0.15) is 21.7 Å². The number of methoxy groups -OCH3 is 2. The first-order valence-corrected chi connectivity index (χ1v) is 5.87. The van der Waals surface area contributed by atoms with Crippen LogP contribution in [0.2, 0.25) is 0 Å². The lowest BCUT2D eigenvalue weighted by Crippen LogP contribution is -1.94. The molecule has 0 radical (unpaired) electrons. The standard InChI is InChI=1S/C11H14N2O2S/c1-4-12-11-13-9-7(14-2)5-6-8(15-3)10(9)16-11/h5-6H,4H2,1-3H3,(H,12,13). The lowest BCUT2D eigenvalue weighted by atomic mass is 10.3. The van der Waals surface area contributed by atoms with Crippen molar-refractivity contribution in [3.63, 3.8) is 0 Å². The molecule has 0 aliphatic rings. The highest BCUT2D eigenvalue weighted by molar-refractivity contribution is 7.22. The fourth-order valence-corrected chi connectivity index (χ4v) is 2.55. The zero-order valence-corrected chi connectivity index (χ0v) is 10.4. The van der Waals surface area contributed by atoms with E-state index < -0.39 is 0 Å². The van der Waals surface area contributed by atoms with Crippen molar-refractivity contribution in [2.24, 2.45) is 0 Å². The van der Waals surface area contributed by atoms with Crippen molar-refractivity contribution in [2.75, 3.05) is 26.1 Å². The van der Waals surface area contributed by atoms with Crippen molar-refractivity contribution in [1.29, 1.82) is 0 Å². The summed E-state index contributed by atoms with van der Waals surface area (Å²) in [5.41, 5.74) is 0.850. The number of hydrogen-bond donors (Lipinski definition) is 1. The molecule has 86 valence electrons. The smallest absolute Gasteiger partial charge is 0.184 e. The Morgan fingerprint density at radius 3 is 2.56 bits per heavy atom. The number of hydrogen-bond acceptors (Lipinski definition) is 5. The van der Waals surface area contributed by atoms with Gasteiger partial charge in [0.05, 0.1) is 14.2 Å². The molecule has 2 aromatic rings. The molecule has 0 saturated carbocycles. The number of benzene rings is 1. The average molecular weight is 238 g/mol.